The molecule has 0 radical (unpaired) electrons. The van der Waals surface area contributed by atoms with E-state index < -0.39 is 0 Å². The fourth-order valence-corrected chi connectivity index (χ4v) is 1.60. The Morgan fingerprint density at radius 2 is 1.62 bits per heavy atom. The Bertz CT molecular complexity index is 122. The van der Waals surface area contributed by atoms with Gasteiger partial charge in [0.25, 0.3) is 0 Å². The van der Waals surface area contributed by atoms with Crippen LogP contribution in [-0.2, 0) is 0 Å². The van der Waals surface area contributed by atoms with Crippen LogP contribution in [0.1, 0.15) is 53.9 Å². The van der Waals surface area contributed by atoms with Crippen LogP contribution in [0.25, 0.3) is 0 Å². The third-order valence-electron chi connectivity index (χ3n) is 2.71. The molecule has 0 aromatic heterocycles. The van der Waals surface area contributed by atoms with Gasteiger partial charge in [-0.25, -0.2) is 0 Å². The lowest BCUT2D eigenvalue weighted by atomic mass is 9.81. The van der Waals surface area contributed by atoms with Crippen molar-refractivity contribution in [3.05, 3.63) is 0 Å². The van der Waals surface area contributed by atoms with Gasteiger partial charge in [0, 0.05) is 6.61 Å². The highest BCUT2D eigenvalue weighted by molar-refractivity contribution is 4.68. The van der Waals surface area contributed by atoms with Crippen molar-refractivity contribution in [1.29, 1.82) is 0 Å². The Balaban J connectivity index is 3.82. The fraction of sp³-hybridized carbons (Fsp3) is 1.00. The van der Waals surface area contributed by atoms with Crippen molar-refractivity contribution in [3.8, 4) is 0 Å². The molecule has 0 aliphatic rings. The minimum Gasteiger partial charge on any atom is -0.396 e. The van der Waals surface area contributed by atoms with Crippen LogP contribution in [0, 0.1) is 17.3 Å². The zero-order chi connectivity index (χ0) is 10.5. The van der Waals surface area contributed by atoms with Crippen LogP contribution in [-0.4, -0.2) is 11.7 Å². The number of hydrogen-bond acceptors (Lipinski definition) is 1. The van der Waals surface area contributed by atoms with Gasteiger partial charge in [-0.05, 0) is 36.5 Å². The Labute approximate surface area is 83.5 Å². The largest absolute Gasteiger partial charge is 0.396 e. The van der Waals surface area contributed by atoms with Crippen molar-refractivity contribution in [2.45, 2.75) is 53.9 Å². The molecule has 0 aliphatic heterocycles. The van der Waals surface area contributed by atoms with Crippen LogP contribution in [0.5, 0.6) is 0 Å². The van der Waals surface area contributed by atoms with Gasteiger partial charge in [-0.2, -0.15) is 0 Å². The minimum atomic E-state index is 0.340. The maximum absolute atomic E-state index is 8.91. The molecule has 1 unspecified atom stereocenters. The predicted octanol–water partition coefficient (Wildman–Crippen LogP) is 3.47. The quantitative estimate of drug-likeness (QED) is 0.697. The molecule has 13 heavy (non-hydrogen) atoms. The van der Waals surface area contributed by atoms with Gasteiger partial charge in [0.05, 0.1) is 0 Å². The third-order valence-corrected chi connectivity index (χ3v) is 2.71. The summed E-state index contributed by atoms with van der Waals surface area (Å²) in [5.74, 6) is 1.40. The molecule has 1 heteroatoms. The summed E-state index contributed by atoms with van der Waals surface area (Å²) >= 11 is 0. The highest BCUT2D eigenvalue weighted by atomic mass is 16.3. The summed E-state index contributed by atoms with van der Waals surface area (Å²) in [6, 6.07) is 0. The summed E-state index contributed by atoms with van der Waals surface area (Å²) in [6.07, 6.45) is 3.48. The minimum absolute atomic E-state index is 0.340. The molecule has 0 rings (SSSR count). The monoisotopic (exact) mass is 186 g/mol. The summed E-state index contributed by atoms with van der Waals surface area (Å²) in [4.78, 5) is 0. The molecule has 0 aromatic rings. The lowest BCUT2D eigenvalue weighted by Gasteiger charge is -2.25. The SMILES string of the molecule is CC(C)C(CCO)CCC(C)(C)C. The van der Waals surface area contributed by atoms with Crippen molar-refractivity contribution in [2.75, 3.05) is 6.61 Å². The maximum Gasteiger partial charge on any atom is 0.0433 e. The van der Waals surface area contributed by atoms with Crippen molar-refractivity contribution in [1.82, 2.24) is 0 Å². The second-order valence-electron chi connectivity index (χ2n) is 5.62. The number of aliphatic hydroxyl groups is 1. The molecule has 1 atom stereocenters. The van der Waals surface area contributed by atoms with E-state index in [9.17, 15) is 0 Å². The van der Waals surface area contributed by atoms with Gasteiger partial charge >= 0.3 is 0 Å². The molecule has 1 N–H and O–H groups in total. The molecular formula is C12H26O. The number of hydrogen-bond donors (Lipinski definition) is 1. The highest BCUT2D eigenvalue weighted by Crippen LogP contribution is 2.28. The summed E-state index contributed by atoms with van der Waals surface area (Å²) in [6.45, 7) is 11.7. The van der Waals surface area contributed by atoms with Crippen molar-refractivity contribution < 1.29 is 5.11 Å². The average Bonchev–Trinajstić information content (AvgIpc) is 1.95. The average molecular weight is 186 g/mol. The molecule has 1 nitrogen and oxygen atoms in total. The van der Waals surface area contributed by atoms with E-state index in [-0.39, 0.29) is 0 Å². The first-order valence-corrected chi connectivity index (χ1v) is 5.47. The smallest absolute Gasteiger partial charge is 0.0433 e. The van der Waals surface area contributed by atoms with E-state index in [1.807, 2.05) is 0 Å². The second-order valence-corrected chi connectivity index (χ2v) is 5.62. The Hall–Kier alpha value is -0.0400. The highest BCUT2D eigenvalue weighted by Gasteiger charge is 2.17. The summed E-state index contributed by atoms with van der Waals surface area (Å²) < 4.78 is 0. The predicted molar refractivity (Wildman–Crippen MR) is 58.7 cm³/mol. The Morgan fingerprint density at radius 3 is 1.92 bits per heavy atom. The van der Waals surface area contributed by atoms with E-state index >= 15 is 0 Å². The normalized spacial score (nSPS) is 15.0. The van der Waals surface area contributed by atoms with E-state index in [1.54, 1.807) is 0 Å². The zero-order valence-corrected chi connectivity index (χ0v) is 9.93. The first kappa shape index (κ1) is 13.0. The first-order chi connectivity index (χ1) is 5.87. The van der Waals surface area contributed by atoms with Crippen molar-refractivity contribution in [2.24, 2.45) is 17.3 Å². The van der Waals surface area contributed by atoms with Gasteiger partial charge in [-0.15, -0.1) is 0 Å². The van der Waals surface area contributed by atoms with Gasteiger partial charge in [-0.1, -0.05) is 34.6 Å². The Morgan fingerprint density at radius 1 is 1.08 bits per heavy atom. The zero-order valence-electron chi connectivity index (χ0n) is 9.93. The molecule has 80 valence electrons. The van der Waals surface area contributed by atoms with Gasteiger partial charge in [-0.3, -0.25) is 0 Å². The standard InChI is InChI=1S/C12H26O/c1-10(2)11(7-9-13)6-8-12(3,4)5/h10-11,13H,6-9H2,1-5H3. The fourth-order valence-electron chi connectivity index (χ4n) is 1.60. The molecule has 0 saturated carbocycles. The summed E-state index contributed by atoms with van der Waals surface area (Å²) in [7, 11) is 0. The van der Waals surface area contributed by atoms with Gasteiger partial charge in [0.2, 0.25) is 0 Å². The molecule has 0 fully saturated rings. The summed E-state index contributed by atoms with van der Waals surface area (Å²) in [5.41, 5.74) is 0.433. The van der Waals surface area contributed by atoms with Gasteiger partial charge < -0.3 is 5.11 Å². The van der Waals surface area contributed by atoms with Gasteiger partial charge in [0.1, 0.15) is 0 Å². The molecular weight excluding hydrogens is 160 g/mol. The lowest BCUT2D eigenvalue weighted by Crippen LogP contribution is -2.14. The van der Waals surface area contributed by atoms with E-state index in [2.05, 4.69) is 34.6 Å². The number of aliphatic hydroxyl groups excluding tert-OH is 1. The lowest BCUT2D eigenvalue weighted by molar-refractivity contribution is 0.205. The molecule has 0 bridgehead atoms. The molecule has 0 spiro atoms. The molecule has 0 aliphatic carbocycles. The van der Waals surface area contributed by atoms with Crippen LogP contribution in [0.2, 0.25) is 0 Å². The molecule has 0 saturated heterocycles. The maximum atomic E-state index is 8.91. The van der Waals surface area contributed by atoms with E-state index in [0.29, 0.717) is 23.9 Å². The van der Waals surface area contributed by atoms with E-state index in [1.165, 1.54) is 12.8 Å². The van der Waals surface area contributed by atoms with Crippen LogP contribution in [0.15, 0.2) is 0 Å². The van der Waals surface area contributed by atoms with Crippen LogP contribution in [0.4, 0.5) is 0 Å². The molecule has 0 heterocycles. The van der Waals surface area contributed by atoms with E-state index in [0.717, 1.165) is 6.42 Å². The third kappa shape index (κ3) is 7.06. The van der Waals surface area contributed by atoms with Crippen LogP contribution < -0.4 is 0 Å². The summed E-state index contributed by atoms with van der Waals surface area (Å²) in [5, 5.41) is 8.91. The molecule has 0 aromatic carbocycles. The van der Waals surface area contributed by atoms with Crippen molar-refractivity contribution in [3.63, 3.8) is 0 Å². The second kappa shape index (κ2) is 5.64. The first-order valence-electron chi connectivity index (χ1n) is 5.47. The molecule has 0 amide bonds. The topological polar surface area (TPSA) is 20.2 Å². The van der Waals surface area contributed by atoms with Crippen LogP contribution in [0.3, 0.4) is 0 Å². The van der Waals surface area contributed by atoms with E-state index in [4.69, 9.17) is 5.11 Å². The van der Waals surface area contributed by atoms with Crippen molar-refractivity contribution >= 4 is 0 Å². The van der Waals surface area contributed by atoms with Crippen LogP contribution >= 0.6 is 0 Å². The number of rotatable bonds is 5. The Kier molecular flexibility index (Phi) is 5.62. The van der Waals surface area contributed by atoms with Gasteiger partial charge in [0.15, 0.2) is 0 Å².